The lowest BCUT2D eigenvalue weighted by Gasteiger charge is -2.38. The van der Waals surface area contributed by atoms with Crippen LogP contribution in [0.15, 0.2) is 30.5 Å². The zero-order valence-corrected chi connectivity index (χ0v) is 16.9. The standard InChI is InChI=1S/C21H29N5O3/c1-28-19-9-7-18(8-10-19)26-15-17(23-24-26)13-22-21(27)25-11-4-5-16(14-25)20-6-2-3-12-29-20/h7-10,15-16,20H,2-6,11-14H2,1H3,(H,22,27). The molecule has 0 radical (unpaired) electrons. The van der Waals surface area contributed by atoms with Crippen molar-refractivity contribution >= 4 is 6.03 Å². The Bertz CT molecular complexity index is 801. The number of rotatable bonds is 5. The number of aromatic nitrogens is 3. The molecule has 3 heterocycles. The zero-order valence-electron chi connectivity index (χ0n) is 16.9. The van der Waals surface area contributed by atoms with Crippen LogP contribution in [0.2, 0.25) is 0 Å². The fourth-order valence-corrected chi connectivity index (χ4v) is 4.15. The van der Waals surface area contributed by atoms with E-state index in [4.69, 9.17) is 9.47 Å². The van der Waals surface area contributed by atoms with E-state index in [1.807, 2.05) is 35.4 Å². The van der Waals surface area contributed by atoms with Gasteiger partial charge in [-0.2, -0.15) is 0 Å². The average Bonchev–Trinajstić information content (AvgIpc) is 3.27. The highest BCUT2D eigenvalue weighted by Gasteiger charge is 2.31. The second-order valence-electron chi connectivity index (χ2n) is 7.76. The van der Waals surface area contributed by atoms with Gasteiger partial charge >= 0.3 is 6.03 Å². The summed E-state index contributed by atoms with van der Waals surface area (Å²) >= 11 is 0. The van der Waals surface area contributed by atoms with Crippen molar-refractivity contribution in [2.75, 3.05) is 26.8 Å². The van der Waals surface area contributed by atoms with Crippen LogP contribution in [0.1, 0.15) is 37.8 Å². The van der Waals surface area contributed by atoms with Crippen molar-refractivity contribution in [2.45, 2.75) is 44.8 Å². The SMILES string of the molecule is COc1ccc(-n2cc(CNC(=O)N3CCCC(C4CCCCO4)C3)nn2)cc1. The lowest BCUT2D eigenvalue weighted by atomic mass is 9.88. The van der Waals surface area contributed by atoms with Gasteiger partial charge in [0.25, 0.3) is 0 Å². The maximum absolute atomic E-state index is 12.7. The molecule has 0 aliphatic carbocycles. The number of nitrogens with one attached hydrogen (secondary N) is 1. The largest absolute Gasteiger partial charge is 0.497 e. The molecule has 2 saturated heterocycles. The molecular weight excluding hydrogens is 370 g/mol. The van der Waals surface area contributed by atoms with Crippen molar-refractivity contribution in [2.24, 2.45) is 5.92 Å². The number of amides is 2. The molecule has 2 unspecified atom stereocenters. The van der Waals surface area contributed by atoms with Crippen LogP contribution in [0.3, 0.4) is 0 Å². The van der Waals surface area contributed by atoms with Crippen molar-refractivity contribution in [1.82, 2.24) is 25.2 Å². The molecule has 2 aliphatic rings. The molecule has 1 aromatic carbocycles. The second kappa shape index (κ2) is 9.26. The second-order valence-corrected chi connectivity index (χ2v) is 7.76. The van der Waals surface area contributed by atoms with Gasteiger partial charge in [0.1, 0.15) is 11.4 Å². The lowest BCUT2D eigenvalue weighted by molar-refractivity contribution is -0.0366. The van der Waals surface area contributed by atoms with Gasteiger partial charge in [0.15, 0.2) is 0 Å². The molecular formula is C21H29N5O3. The minimum absolute atomic E-state index is 0.0375. The molecule has 0 saturated carbocycles. The normalized spacial score (nSPS) is 22.3. The van der Waals surface area contributed by atoms with Gasteiger partial charge < -0.3 is 19.7 Å². The van der Waals surface area contributed by atoms with E-state index in [0.717, 1.165) is 62.5 Å². The van der Waals surface area contributed by atoms with Gasteiger partial charge in [-0.3, -0.25) is 0 Å². The number of methoxy groups -OCH3 is 1. The lowest BCUT2D eigenvalue weighted by Crippen LogP contribution is -2.48. The van der Waals surface area contributed by atoms with E-state index >= 15 is 0 Å². The topological polar surface area (TPSA) is 81.5 Å². The number of carbonyl (C=O) groups is 1. The summed E-state index contributed by atoms with van der Waals surface area (Å²) in [5.74, 6) is 1.24. The first-order valence-electron chi connectivity index (χ1n) is 10.4. The van der Waals surface area contributed by atoms with Crippen molar-refractivity contribution in [1.29, 1.82) is 0 Å². The van der Waals surface area contributed by atoms with Gasteiger partial charge in [-0.05, 0) is 56.4 Å². The van der Waals surface area contributed by atoms with E-state index in [-0.39, 0.29) is 6.03 Å². The summed E-state index contributed by atoms with van der Waals surface area (Å²) < 4.78 is 12.8. The molecule has 1 aromatic heterocycles. The monoisotopic (exact) mass is 399 g/mol. The Morgan fingerprint density at radius 2 is 2.10 bits per heavy atom. The van der Waals surface area contributed by atoms with Crippen LogP contribution in [-0.4, -0.2) is 58.8 Å². The number of piperidine rings is 1. The van der Waals surface area contributed by atoms with Crippen LogP contribution in [0.4, 0.5) is 4.79 Å². The van der Waals surface area contributed by atoms with E-state index in [9.17, 15) is 4.79 Å². The Kier molecular flexibility index (Phi) is 6.29. The van der Waals surface area contributed by atoms with E-state index in [1.54, 1.807) is 11.8 Å². The van der Waals surface area contributed by atoms with Crippen LogP contribution in [0, 0.1) is 5.92 Å². The number of hydrogen-bond acceptors (Lipinski definition) is 5. The number of likely N-dealkylation sites (tertiary alicyclic amines) is 1. The van der Waals surface area contributed by atoms with Crippen molar-refractivity contribution in [3.63, 3.8) is 0 Å². The van der Waals surface area contributed by atoms with Crippen molar-refractivity contribution < 1.29 is 14.3 Å². The van der Waals surface area contributed by atoms with Gasteiger partial charge in [-0.15, -0.1) is 5.10 Å². The fourth-order valence-electron chi connectivity index (χ4n) is 4.15. The van der Waals surface area contributed by atoms with Crippen LogP contribution < -0.4 is 10.1 Å². The van der Waals surface area contributed by atoms with Crippen molar-refractivity contribution in [3.05, 3.63) is 36.2 Å². The Labute approximate surface area is 171 Å². The summed E-state index contributed by atoms with van der Waals surface area (Å²) in [5.41, 5.74) is 1.61. The third-order valence-electron chi connectivity index (χ3n) is 5.78. The van der Waals surface area contributed by atoms with Gasteiger partial charge in [-0.25, -0.2) is 9.48 Å². The summed E-state index contributed by atoms with van der Waals surface area (Å²) in [6.45, 7) is 2.79. The van der Waals surface area contributed by atoms with Gasteiger partial charge in [0, 0.05) is 25.6 Å². The van der Waals surface area contributed by atoms with Gasteiger partial charge in [-0.1, -0.05) is 5.21 Å². The number of nitrogens with zero attached hydrogens (tertiary/aromatic N) is 4. The number of benzene rings is 1. The van der Waals surface area contributed by atoms with E-state index in [1.165, 1.54) is 6.42 Å². The third-order valence-corrected chi connectivity index (χ3v) is 5.78. The van der Waals surface area contributed by atoms with E-state index in [2.05, 4.69) is 15.6 Å². The van der Waals surface area contributed by atoms with Crippen LogP contribution in [-0.2, 0) is 11.3 Å². The molecule has 0 spiro atoms. The quantitative estimate of drug-likeness (QED) is 0.836. The molecule has 156 valence electrons. The maximum Gasteiger partial charge on any atom is 0.317 e. The van der Waals surface area contributed by atoms with Crippen molar-refractivity contribution in [3.8, 4) is 11.4 Å². The smallest absolute Gasteiger partial charge is 0.317 e. The summed E-state index contributed by atoms with van der Waals surface area (Å²) in [5, 5.41) is 11.3. The molecule has 0 bridgehead atoms. The maximum atomic E-state index is 12.7. The highest BCUT2D eigenvalue weighted by Crippen LogP contribution is 2.27. The molecule has 8 nitrogen and oxygen atoms in total. The summed E-state index contributed by atoms with van der Waals surface area (Å²) in [6.07, 6.45) is 7.83. The highest BCUT2D eigenvalue weighted by atomic mass is 16.5. The highest BCUT2D eigenvalue weighted by molar-refractivity contribution is 5.74. The molecule has 8 heteroatoms. The molecule has 1 N–H and O–H groups in total. The van der Waals surface area contributed by atoms with E-state index < -0.39 is 0 Å². The Morgan fingerprint density at radius 1 is 1.24 bits per heavy atom. The first kappa shape index (κ1) is 19.7. The van der Waals surface area contributed by atoms with E-state index in [0.29, 0.717) is 18.6 Å². The van der Waals surface area contributed by atoms with Crippen LogP contribution in [0.25, 0.3) is 5.69 Å². The minimum Gasteiger partial charge on any atom is -0.497 e. The summed E-state index contributed by atoms with van der Waals surface area (Å²) in [7, 11) is 1.64. The number of hydrogen-bond donors (Lipinski definition) is 1. The molecule has 2 aliphatic heterocycles. The van der Waals surface area contributed by atoms with Gasteiger partial charge in [0.05, 0.1) is 31.6 Å². The molecule has 29 heavy (non-hydrogen) atoms. The Morgan fingerprint density at radius 3 is 2.86 bits per heavy atom. The Balaban J connectivity index is 1.29. The first-order valence-corrected chi connectivity index (χ1v) is 10.4. The summed E-state index contributed by atoms with van der Waals surface area (Å²) in [4.78, 5) is 14.6. The first-order chi connectivity index (χ1) is 14.2. The van der Waals surface area contributed by atoms with Gasteiger partial charge in [0.2, 0.25) is 0 Å². The minimum atomic E-state index is -0.0375. The average molecular weight is 399 g/mol. The molecule has 4 rings (SSSR count). The summed E-state index contributed by atoms with van der Waals surface area (Å²) in [6, 6.07) is 7.54. The predicted octanol–water partition coefficient (Wildman–Crippen LogP) is 2.77. The Hall–Kier alpha value is -2.61. The molecule has 2 atom stereocenters. The number of carbonyl (C=O) groups excluding carboxylic acids is 1. The number of ether oxygens (including phenoxy) is 2. The van der Waals surface area contributed by atoms with Crippen LogP contribution in [0.5, 0.6) is 5.75 Å². The fraction of sp³-hybridized carbons (Fsp3) is 0.571. The zero-order chi connectivity index (χ0) is 20.1. The molecule has 2 aromatic rings. The number of urea groups is 1. The third kappa shape index (κ3) is 4.87. The van der Waals surface area contributed by atoms with Crippen LogP contribution >= 0.6 is 0 Å². The molecule has 2 fully saturated rings. The molecule has 2 amide bonds. The predicted molar refractivity (Wildman–Crippen MR) is 108 cm³/mol.